The van der Waals surface area contributed by atoms with Gasteiger partial charge in [0, 0.05) is 18.4 Å². The Hall–Kier alpha value is -1.91. The van der Waals surface area contributed by atoms with Gasteiger partial charge in [0.25, 0.3) is 0 Å². The van der Waals surface area contributed by atoms with Crippen LogP contribution in [-0.4, -0.2) is 25.8 Å². The Bertz CT molecular complexity index is 464. The number of nitrogens with zero attached hydrogens (tertiary/aromatic N) is 4. The van der Waals surface area contributed by atoms with E-state index in [4.69, 9.17) is 0 Å². The molecule has 2 aromatic rings. The maximum absolute atomic E-state index is 4.46. The van der Waals surface area contributed by atoms with E-state index in [1.807, 2.05) is 12.3 Å². The molecule has 5 nitrogen and oxygen atoms in total. The minimum Gasteiger partial charge on any atom is -0.366 e. The molecule has 2 rings (SSSR count). The maximum atomic E-state index is 4.46. The number of hydrogen-bond donors (Lipinski definition) is 1. The van der Waals surface area contributed by atoms with Crippen molar-refractivity contribution in [1.82, 2.24) is 19.7 Å². The van der Waals surface area contributed by atoms with Crippen molar-refractivity contribution in [2.75, 3.05) is 5.32 Å². The smallest absolute Gasteiger partial charge is 0.173 e. The molecule has 0 bridgehead atoms. The summed E-state index contributed by atoms with van der Waals surface area (Å²) in [6.45, 7) is 6.47. The fourth-order valence-corrected chi connectivity index (χ4v) is 1.34. The van der Waals surface area contributed by atoms with Crippen molar-refractivity contribution in [3.8, 4) is 5.82 Å². The number of rotatable bonds is 4. The zero-order valence-corrected chi connectivity index (χ0v) is 10.3. The Morgan fingerprint density at radius 1 is 1.24 bits per heavy atom. The first kappa shape index (κ1) is 11.6. The highest BCUT2D eigenvalue weighted by Crippen LogP contribution is 2.10. The molecule has 2 aromatic heterocycles. The summed E-state index contributed by atoms with van der Waals surface area (Å²) in [5.41, 5.74) is 0. The van der Waals surface area contributed by atoms with Gasteiger partial charge in [-0.2, -0.15) is 5.10 Å². The van der Waals surface area contributed by atoms with Gasteiger partial charge >= 0.3 is 0 Å². The first-order valence-electron chi connectivity index (χ1n) is 5.75. The molecule has 5 heteroatoms. The summed E-state index contributed by atoms with van der Waals surface area (Å²) >= 11 is 0. The van der Waals surface area contributed by atoms with Crippen LogP contribution in [0.15, 0.2) is 30.9 Å². The third-order valence-electron chi connectivity index (χ3n) is 2.74. The SMILES string of the molecule is CC(C)[C@@H](C)Nc1cncc(-n2cccn2)n1. The van der Waals surface area contributed by atoms with E-state index in [0.717, 1.165) is 11.6 Å². The number of hydrogen-bond acceptors (Lipinski definition) is 4. The summed E-state index contributed by atoms with van der Waals surface area (Å²) in [7, 11) is 0. The summed E-state index contributed by atoms with van der Waals surface area (Å²) in [5.74, 6) is 2.04. The van der Waals surface area contributed by atoms with Crippen LogP contribution in [0.5, 0.6) is 0 Å². The van der Waals surface area contributed by atoms with Crippen LogP contribution < -0.4 is 5.32 Å². The molecule has 17 heavy (non-hydrogen) atoms. The molecule has 0 aliphatic carbocycles. The van der Waals surface area contributed by atoms with Crippen LogP contribution in [0.2, 0.25) is 0 Å². The van der Waals surface area contributed by atoms with Crippen molar-refractivity contribution in [3.05, 3.63) is 30.9 Å². The average Bonchev–Trinajstić information content (AvgIpc) is 2.82. The molecule has 0 unspecified atom stereocenters. The molecule has 2 heterocycles. The van der Waals surface area contributed by atoms with Gasteiger partial charge in [-0.3, -0.25) is 4.98 Å². The van der Waals surface area contributed by atoms with Crippen LogP contribution in [0.3, 0.4) is 0 Å². The molecule has 90 valence electrons. The van der Waals surface area contributed by atoms with E-state index in [0.29, 0.717) is 12.0 Å². The normalized spacial score (nSPS) is 12.7. The van der Waals surface area contributed by atoms with Crippen molar-refractivity contribution in [2.45, 2.75) is 26.8 Å². The van der Waals surface area contributed by atoms with Gasteiger partial charge < -0.3 is 5.32 Å². The summed E-state index contributed by atoms with van der Waals surface area (Å²) in [5, 5.41) is 7.46. The fourth-order valence-electron chi connectivity index (χ4n) is 1.34. The lowest BCUT2D eigenvalue weighted by atomic mass is 10.1. The summed E-state index contributed by atoms with van der Waals surface area (Å²) < 4.78 is 1.69. The Labute approximate surface area is 101 Å². The molecule has 1 atom stereocenters. The topological polar surface area (TPSA) is 55.6 Å². The lowest BCUT2D eigenvalue weighted by Gasteiger charge is -2.17. The minimum absolute atomic E-state index is 0.358. The third-order valence-corrected chi connectivity index (χ3v) is 2.74. The van der Waals surface area contributed by atoms with E-state index >= 15 is 0 Å². The van der Waals surface area contributed by atoms with E-state index < -0.39 is 0 Å². The Balaban J connectivity index is 2.18. The molecule has 0 radical (unpaired) electrons. The summed E-state index contributed by atoms with van der Waals surface area (Å²) in [6, 6.07) is 2.22. The van der Waals surface area contributed by atoms with Gasteiger partial charge in [0.1, 0.15) is 5.82 Å². The lowest BCUT2D eigenvalue weighted by molar-refractivity contribution is 0.558. The molecule has 0 amide bonds. The number of nitrogens with one attached hydrogen (secondary N) is 1. The predicted octanol–water partition coefficient (Wildman–Crippen LogP) is 2.12. The standard InChI is InChI=1S/C12H17N5/c1-9(2)10(3)15-11-7-13-8-12(16-11)17-6-4-5-14-17/h4-10H,1-3H3,(H,15,16)/t10-/m1/s1. The Morgan fingerprint density at radius 2 is 2.06 bits per heavy atom. The second-order valence-electron chi connectivity index (χ2n) is 4.39. The van der Waals surface area contributed by atoms with Crippen LogP contribution in [0, 0.1) is 5.92 Å². The molecular weight excluding hydrogens is 214 g/mol. The Kier molecular flexibility index (Phi) is 3.37. The van der Waals surface area contributed by atoms with Gasteiger partial charge in [-0.25, -0.2) is 9.67 Å². The van der Waals surface area contributed by atoms with Crippen LogP contribution in [0.4, 0.5) is 5.82 Å². The number of aromatic nitrogens is 4. The molecule has 0 aromatic carbocycles. The van der Waals surface area contributed by atoms with E-state index in [1.54, 1.807) is 23.3 Å². The van der Waals surface area contributed by atoms with Crippen molar-refractivity contribution in [1.29, 1.82) is 0 Å². The van der Waals surface area contributed by atoms with Gasteiger partial charge in [0.15, 0.2) is 5.82 Å². The predicted molar refractivity (Wildman–Crippen MR) is 67.1 cm³/mol. The van der Waals surface area contributed by atoms with Crippen LogP contribution in [0.1, 0.15) is 20.8 Å². The third kappa shape index (κ3) is 2.81. The quantitative estimate of drug-likeness (QED) is 0.875. The first-order chi connectivity index (χ1) is 8.16. The highest BCUT2D eigenvalue weighted by molar-refractivity contribution is 5.36. The highest BCUT2D eigenvalue weighted by atomic mass is 15.3. The van der Waals surface area contributed by atoms with E-state index in [-0.39, 0.29) is 0 Å². The Morgan fingerprint density at radius 3 is 2.71 bits per heavy atom. The van der Waals surface area contributed by atoms with Gasteiger partial charge in [0.05, 0.1) is 12.4 Å². The lowest BCUT2D eigenvalue weighted by Crippen LogP contribution is -2.22. The van der Waals surface area contributed by atoms with E-state index in [1.165, 1.54) is 0 Å². The van der Waals surface area contributed by atoms with Crippen LogP contribution in [0.25, 0.3) is 5.82 Å². The molecule has 0 saturated heterocycles. The van der Waals surface area contributed by atoms with Gasteiger partial charge in [-0.05, 0) is 18.9 Å². The monoisotopic (exact) mass is 231 g/mol. The molecule has 0 fully saturated rings. The fraction of sp³-hybridized carbons (Fsp3) is 0.417. The largest absolute Gasteiger partial charge is 0.366 e. The van der Waals surface area contributed by atoms with Crippen LogP contribution >= 0.6 is 0 Å². The first-order valence-corrected chi connectivity index (χ1v) is 5.75. The summed E-state index contributed by atoms with van der Waals surface area (Å²) in [4.78, 5) is 8.63. The zero-order chi connectivity index (χ0) is 12.3. The highest BCUT2D eigenvalue weighted by Gasteiger charge is 2.08. The molecule has 0 aliphatic heterocycles. The molecule has 1 N–H and O–H groups in total. The second-order valence-corrected chi connectivity index (χ2v) is 4.39. The van der Waals surface area contributed by atoms with Gasteiger partial charge in [0.2, 0.25) is 0 Å². The van der Waals surface area contributed by atoms with Crippen molar-refractivity contribution in [2.24, 2.45) is 5.92 Å². The van der Waals surface area contributed by atoms with Gasteiger partial charge in [-0.1, -0.05) is 13.8 Å². The maximum Gasteiger partial charge on any atom is 0.173 e. The van der Waals surface area contributed by atoms with E-state index in [9.17, 15) is 0 Å². The zero-order valence-electron chi connectivity index (χ0n) is 10.3. The molecule has 0 aliphatic rings. The summed E-state index contributed by atoms with van der Waals surface area (Å²) in [6.07, 6.45) is 6.99. The van der Waals surface area contributed by atoms with Crippen molar-refractivity contribution < 1.29 is 0 Å². The van der Waals surface area contributed by atoms with Crippen molar-refractivity contribution >= 4 is 5.82 Å². The number of anilines is 1. The van der Waals surface area contributed by atoms with E-state index in [2.05, 4.69) is 41.2 Å². The van der Waals surface area contributed by atoms with Crippen molar-refractivity contribution in [3.63, 3.8) is 0 Å². The molecule has 0 spiro atoms. The van der Waals surface area contributed by atoms with Crippen LogP contribution in [-0.2, 0) is 0 Å². The van der Waals surface area contributed by atoms with Gasteiger partial charge in [-0.15, -0.1) is 0 Å². The average molecular weight is 231 g/mol. The minimum atomic E-state index is 0.358. The molecular formula is C12H17N5. The second kappa shape index (κ2) is 4.95. The molecule has 0 saturated carbocycles.